The topological polar surface area (TPSA) is 40.1 Å². The molecule has 0 rings (SSSR count). The number of carboxylic acid groups (broad SMARTS) is 1. The molecule has 3 heteroatoms. The van der Waals surface area contributed by atoms with Crippen LogP contribution in [0, 0.1) is 11.3 Å². The molecule has 0 aromatic heterocycles. The van der Waals surface area contributed by atoms with Gasteiger partial charge in [0.2, 0.25) is 0 Å². The molecule has 66 valence electrons. The van der Waals surface area contributed by atoms with Crippen LogP contribution < -0.4 is 5.11 Å². The minimum atomic E-state index is -0.943. The molecule has 0 saturated carbocycles. The van der Waals surface area contributed by atoms with Gasteiger partial charge in [-0.2, -0.15) is 0 Å². The summed E-state index contributed by atoms with van der Waals surface area (Å²) in [4.78, 5) is 10.2. The average Bonchev–Trinajstić information content (AvgIpc) is 1.53. The summed E-state index contributed by atoms with van der Waals surface area (Å²) in [5, 5.41) is 10.2. The van der Waals surface area contributed by atoms with Gasteiger partial charge >= 0.3 is 37.7 Å². The molecule has 0 aromatic carbocycles. The smallest absolute Gasteiger partial charge is 0.550 e. The van der Waals surface area contributed by atoms with Gasteiger partial charge in [-0.05, 0) is 24.2 Å². The maximum Gasteiger partial charge on any atom is 2.00 e. The molecular weight excluding hydrogens is 180 g/mol. The summed E-state index contributed by atoms with van der Waals surface area (Å²) in [7, 11) is 0. The number of carboxylic acids is 1. The SMILES string of the molecule is CC(CC(=O)[O-])CC(C)(C)C.[Ca+2]. The quantitative estimate of drug-likeness (QED) is 0.628. The van der Waals surface area contributed by atoms with E-state index < -0.39 is 5.97 Å². The van der Waals surface area contributed by atoms with E-state index in [9.17, 15) is 9.90 Å². The van der Waals surface area contributed by atoms with Crippen molar-refractivity contribution in [1.82, 2.24) is 0 Å². The van der Waals surface area contributed by atoms with Crippen LogP contribution in [0.4, 0.5) is 0 Å². The van der Waals surface area contributed by atoms with Crippen LogP contribution in [0.25, 0.3) is 0 Å². The van der Waals surface area contributed by atoms with Crippen molar-refractivity contribution >= 4 is 43.7 Å². The van der Waals surface area contributed by atoms with E-state index in [1.54, 1.807) is 0 Å². The standard InChI is InChI=1S/C9H18O2.Ca/c1-7(5-8(10)11)6-9(2,3)4;/h7H,5-6H2,1-4H3,(H,10,11);/q;+2/p-1. The van der Waals surface area contributed by atoms with E-state index in [-0.39, 0.29) is 55.5 Å². The zero-order valence-electron chi connectivity index (χ0n) is 8.52. The van der Waals surface area contributed by atoms with Crippen LogP contribution >= 0.6 is 0 Å². The van der Waals surface area contributed by atoms with Gasteiger partial charge in [-0.15, -0.1) is 0 Å². The summed E-state index contributed by atoms with van der Waals surface area (Å²) in [6, 6.07) is 0. The second-order valence-corrected chi connectivity index (χ2v) is 4.45. The van der Waals surface area contributed by atoms with Crippen LogP contribution in [-0.2, 0) is 4.79 Å². The van der Waals surface area contributed by atoms with Crippen LogP contribution in [0.1, 0.15) is 40.5 Å². The van der Waals surface area contributed by atoms with Gasteiger partial charge in [0.15, 0.2) is 0 Å². The van der Waals surface area contributed by atoms with Crippen molar-refractivity contribution in [3.8, 4) is 0 Å². The van der Waals surface area contributed by atoms with E-state index in [0.29, 0.717) is 0 Å². The van der Waals surface area contributed by atoms with E-state index in [1.807, 2.05) is 6.92 Å². The van der Waals surface area contributed by atoms with Crippen LogP contribution in [0.5, 0.6) is 0 Å². The summed E-state index contributed by atoms with van der Waals surface area (Å²) >= 11 is 0. The zero-order chi connectivity index (χ0) is 9.07. The number of carbonyl (C=O) groups excluding carboxylic acids is 1. The number of rotatable bonds is 3. The van der Waals surface area contributed by atoms with E-state index in [0.717, 1.165) is 6.42 Å². The molecule has 0 aliphatic rings. The van der Waals surface area contributed by atoms with Crippen LogP contribution in [0.3, 0.4) is 0 Å². The Labute approximate surface area is 105 Å². The first kappa shape index (κ1) is 15.2. The Morgan fingerprint density at radius 2 is 1.83 bits per heavy atom. The molecule has 0 aliphatic heterocycles. The number of hydrogen-bond acceptors (Lipinski definition) is 2. The maximum atomic E-state index is 10.2. The van der Waals surface area contributed by atoms with Crippen LogP contribution in [0.15, 0.2) is 0 Å². The fourth-order valence-electron chi connectivity index (χ4n) is 1.40. The number of hydrogen-bond donors (Lipinski definition) is 0. The number of carbonyl (C=O) groups is 1. The van der Waals surface area contributed by atoms with Crippen LogP contribution in [0.2, 0.25) is 0 Å². The Kier molecular flexibility index (Phi) is 7.89. The fraction of sp³-hybridized carbons (Fsp3) is 0.889. The monoisotopic (exact) mass is 197 g/mol. The van der Waals surface area contributed by atoms with Gasteiger partial charge in [0, 0.05) is 5.97 Å². The third-order valence-corrected chi connectivity index (χ3v) is 1.48. The van der Waals surface area contributed by atoms with E-state index in [1.165, 1.54) is 0 Å². The largest absolute Gasteiger partial charge is 2.00 e. The van der Waals surface area contributed by atoms with Crippen molar-refractivity contribution < 1.29 is 9.90 Å². The summed E-state index contributed by atoms with van der Waals surface area (Å²) in [5.41, 5.74) is 0.217. The molecule has 0 heterocycles. The van der Waals surface area contributed by atoms with Gasteiger partial charge in [-0.1, -0.05) is 27.7 Å². The second-order valence-electron chi connectivity index (χ2n) is 4.45. The first-order valence-corrected chi connectivity index (χ1v) is 4.01. The van der Waals surface area contributed by atoms with Crippen molar-refractivity contribution in [3.63, 3.8) is 0 Å². The molecule has 0 spiro atoms. The Morgan fingerprint density at radius 3 is 2.08 bits per heavy atom. The van der Waals surface area contributed by atoms with Gasteiger partial charge in [0.25, 0.3) is 0 Å². The van der Waals surface area contributed by atoms with Crippen molar-refractivity contribution in [1.29, 1.82) is 0 Å². The van der Waals surface area contributed by atoms with Crippen LogP contribution in [-0.4, -0.2) is 43.7 Å². The third kappa shape index (κ3) is 10.7. The Bertz CT molecular complexity index is 138. The molecule has 0 amide bonds. The molecular formula is C9H17CaO2+. The van der Waals surface area contributed by atoms with Gasteiger partial charge in [-0.3, -0.25) is 0 Å². The second kappa shape index (κ2) is 6.22. The maximum absolute atomic E-state index is 10.2. The Balaban J connectivity index is 0. The van der Waals surface area contributed by atoms with Gasteiger partial charge in [0.1, 0.15) is 0 Å². The molecule has 0 N–H and O–H groups in total. The van der Waals surface area contributed by atoms with Crippen molar-refractivity contribution in [3.05, 3.63) is 0 Å². The molecule has 1 atom stereocenters. The van der Waals surface area contributed by atoms with E-state index in [4.69, 9.17) is 0 Å². The van der Waals surface area contributed by atoms with Crippen molar-refractivity contribution in [2.75, 3.05) is 0 Å². The van der Waals surface area contributed by atoms with Gasteiger partial charge in [0.05, 0.1) is 0 Å². The molecule has 2 nitrogen and oxygen atoms in total. The fourth-order valence-corrected chi connectivity index (χ4v) is 1.40. The Hall–Kier alpha value is 0.730. The number of aliphatic carboxylic acids is 1. The molecule has 0 saturated heterocycles. The third-order valence-electron chi connectivity index (χ3n) is 1.48. The Morgan fingerprint density at radius 1 is 1.42 bits per heavy atom. The molecule has 1 unspecified atom stereocenters. The molecule has 0 aliphatic carbocycles. The van der Waals surface area contributed by atoms with Crippen molar-refractivity contribution in [2.45, 2.75) is 40.5 Å². The van der Waals surface area contributed by atoms with Gasteiger partial charge in [-0.25, -0.2) is 0 Å². The first-order chi connectivity index (χ1) is 4.81. The zero-order valence-corrected chi connectivity index (χ0v) is 10.7. The van der Waals surface area contributed by atoms with Gasteiger partial charge < -0.3 is 9.90 Å². The molecule has 0 bridgehead atoms. The summed E-state index contributed by atoms with van der Waals surface area (Å²) in [6.45, 7) is 8.28. The normalized spacial score (nSPS) is 13.3. The first-order valence-electron chi connectivity index (χ1n) is 4.01. The molecule has 12 heavy (non-hydrogen) atoms. The van der Waals surface area contributed by atoms with Crippen molar-refractivity contribution in [2.24, 2.45) is 11.3 Å². The minimum Gasteiger partial charge on any atom is -0.550 e. The van der Waals surface area contributed by atoms with E-state index >= 15 is 0 Å². The predicted molar refractivity (Wildman–Crippen MR) is 48.6 cm³/mol. The predicted octanol–water partition coefficient (Wildman–Crippen LogP) is 0.818. The minimum absolute atomic E-state index is 0. The molecule has 0 radical (unpaired) electrons. The molecule has 0 fully saturated rings. The summed E-state index contributed by atoms with van der Waals surface area (Å²) in [5.74, 6) is -0.721. The summed E-state index contributed by atoms with van der Waals surface area (Å²) in [6.07, 6.45) is 1.11. The van der Waals surface area contributed by atoms with E-state index in [2.05, 4.69) is 20.8 Å². The molecule has 0 aromatic rings. The average molecular weight is 197 g/mol. The summed E-state index contributed by atoms with van der Waals surface area (Å²) < 4.78 is 0.